The van der Waals surface area contributed by atoms with Crippen molar-refractivity contribution < 1.29 is 0 Å². The first kappa shape index (κ1) is 48.3. The van der Waals surface area contributed by atoms with Crippen molar-refractivity contribution in [3.05, 3.63) is 120 Å². The summed E-state index contributed by atoms with van der Waals surface area (Å²) in [4.78, 5) is 0.0505. The molecule has 0 aliphatic heterocycles. The van der Waals surface area contributed by atoms with E-state index in [2.05, 4.69) is 180 Å². The van der Waals surface area contributed by atoms with Crippen LogP contribution in [0.1, 0.15) is 171 Å². The molecule has 0 spiro atoms. The predicted molar refractivity (Wildman–Crippen MR) is 250 cm³/mol. The van der Waals surface area contributed by atoms with Crippen LogP contribution in [-0.4, -0.2) is 4.87 Å². The van der Waals surface area contributed by atoms with Gasteiger partial charge in [-0.3, -0.25) is 0 Å². The van der Waals surface area contributed by atoms with Crippen molar-refractivity contribution in [1.82, 2.24) is 0 Å². The van der Waals surface area contributed by atoms with Gasteiger partial charge < -0.3 is 0 Å². The van der Waals surface area contributed by atoms with Crippen molar-refractivity contribution in [2.75, 3.05) is 0 Å². The molecule has 0 nitrogen and oxygen atoms in total. The summed E-state index contributed by atoms with van der Waals surface area (Å²) >= 11 is 6.20. The fourth-order valence-corrected chi connectivity index (χ4v) is 7.43. The van der Waals surface area contributed by atoms with E-state index < -0.39 is 0 Å². The van der Waals surface area contributed by atoms with Gasteiger partial charge in [0, 0.05) is 4.87 Å². The van der Waals surface area contributed by atoms with Crippen LogP contribution in [0.5, 0.6) is 0 Å². The van der Waals surface area contributed by atoms with Crippen molar-refractivity contribution in [1.29, 1.82) is 0 Å². The minimum absolute atomic E-state index is 0.0505. The van der Waals surface area contributed by atoms with Gasteiger partial charge in [-0.05, 0) is 107 Å². The Morgan fingerprint density at radius 3 is 0.964 bits per heavy atom. The average Bonchev–Trinajstić information content (AvgIpc) is 3.18. The number of rotatable bonds is 19. The zero-order chi connectivity index (χ0) is 40.9. The maximum Gasteiger partial charge on any atom is 0.0416 e. The second-order valence-corrected chi connectivity index (χ2v) is 19.3. The molecule has 0 N–H and O–H groups in total. The molecule has 0 saturated carbocycles. The maximum atomic E-state index is 6.20. The molecule has 0 bridgehead atoms. The van der Waals surface area contributed by atoms with E-state index >= 15 is 0 Å². The lowest BCUT2D eigenvalue weighted by atomic mass is 9.75. The topological polar surface area (TPSA) is 0 Å². The van der Waals surface area contributed by atoms with Gasteiger partial charge in [0.25, 0.3) is 0 Å². The normalized spacial score (nSPS) is 14.6. The van der Waals surface area contributed by atoms with E-state index in [9.17, 15) is 0 Å². The van der Waals surface area contributed by atoms with Crippen LogP contribution in [0.3, 0.4) is 0 Å². The van der Waals surface area contributed by atoms with Gasteiger partial charge in [0.15, 0.2) is 0 Å². The lowest BCUT2D eigenvalue weighted by Crippen LogP contribution is -2.21. The number of alkyl halides is 1. The summed E-state index contributed by atoms with van der Waals surface area (Å²) in [5.41, 5.74) is 8.78. The predicted octanol–water partition coefficient (Wildman–Crippen LogP) is 17.9. The molecule has 304 valence electrons. The summed E-state index contributed by atoms with van der Waals surface area (Å²) in [7, 11) is 0. The van der Waals surface area contributed by atoms with Crippen LogP contribution in [0.2, 0.25) is 0 Å². The van der Waals surface area contributed by atoms with Crippen LogP contribution in [0.4, 0.5) is 0 Å². The first-order valence-corrected chi connectivity index (χ1v) is 22.5. The summed E-state index contributed by atoms with van der Waals surface area (Å²) < 4.78 is 0. The molecular formula is C54H81Cl. The molecular weight excluding hydrogens is 684 g/mol. The maximum absolute atomic E-state index is 6.20. The summed E-state index contributed by atoms with van der Waals surface area (Å²) in [6.45, 7) is 27.7. The molecule has 0 heterocycles. The van der Waals surface area contributed by atoms with Crippen LogP contribution < -0.4 is 0 Å². The Hall–Kier alpha value is -2.83. The van der Waals surface area contributed by atoms with Gasteiger partial charge in [0.1, 0.15) is 0 Å². The monoisotopic (exact) mass is 765 g/mol. The van der Waals surface area contributed by atoms with Crippen molar-refractivity contribution >= 4 is 11.6 Å². The highest BCUT2D eigenvalue weighted by Gasteiger charge is 2.25. The Kier molecular flexibility index (Phi) is 21.7. The molecule has 0 aliphatic carbocycles. The minimum atomic E-state index is 0.0505. The molecule has 0 saturated heterocycles. The second-order valence-electron chi connectivity index (χ2n) is 18.3. The van der Waals surface area contributed by atoms with Crippen molar-refractivity contribution in [3.8, 4) is 22.3 Å². The first-order valence-electron chi connectivity index (χ1n) is 22.1. The van der Waals surface area contributed by atoms with Crippen LogP contribution in [0.25, 0.3) is 22.3 Å². The van der Waals surface area contributed by atoms with Gasteiger partial charge in [-0.15, -0.1) is 11.6 Å². The molecule has 0 aliphatic rings. The van der Waals surface area contributed by atoms with E-state index in [1.54, 1.807) is 0 Å². The highest BCUT2D eigenvalue weighted by Crippen LogP contribution is 2.37. The Labute approximate surface area is 346 Å². The van der Waals surface area contributed by atoms with Gasteiger partial charge in [-0.2, -0.15) is 0 Å². The van der Waals surface area contributed by atoms with E-state index in [4.69, 9.17) is 11.6 Å². The molecule has 1 heteroatoms. The highest BCUT2D eigenvalue weighted by atomic mass is 35.5. The number of benzene rings is 4. The minimum Gasteiger partial charge on any atom is -0.120 e. The molecule has 0 aromatic heterocycles. The van der Waals surface area contributed by atoms with E-state index in [1.807, 2.05) is 12.1 Å². The lowest BCUT2D eigenvalue weighted by molar-refractivity contribution is 0.382. The van der Waals surface area contributed by atoms with Crippen LogP contribution >= 0.6 is 11.6 Å². The molecule has 0 radical (unpaired) electrons. The Morgan fingerprint density at radius 2 is 0.691 bits per heavy atom. The van der Waals surface area contributed by atoms with Crippen molar-refractivity contribution in [2.24, 2.45) is 17.8 Å². The first-order chi connectivity index (χ1) is 26.1. The smallest absolute Gasteiger partial charge is 0.0416 e. The van der Waals surface area contributed by atoms with Crippen molar-refractivity contribution in [3.63, 3.8) is 0 Å². The molecule has 3 unspecified atom stereocenters. The molecule has 0 amide bonds. The van der Waals surface area contributed by atoms with E-state index in [-0.39, 0.29) is 15.7 Å². The van der Waals surface area contributed by atoms with Crippen LogP contribution in [-0.2, 0) is 10.8 Å². The van der Waals surface area contributed by atoms with E-state index in [0.717, 1.165) is 30.6 Å². The Bertz CT molecular complexity index is 1420. The van der Waals surface area contributed by atoms with Gasteiger partial charge in [-0.1, -0.05) is 224 Å². The fraction of sp³-hybridized carbons (Fsp3) is 0.556. The van der Waals surface area contributed by atoms with Crippen LogP contribution in [0, 0.1) is 17.8 Å². The molecule has 55 heavy (non-hydrogen) atoms. The Balaban J connectivity index is 0.000000367. The molecule has 3 atom stereocenters. The van der Waals surface area contributed by atoms with Crippen LogP contribution in [0.15, 0.2) is 109 Å². The zero-order valence-electron chi connectivity index (χ0n) is 37.5. The quantitative estimate of drug-likeness (QED) is 0.0834. The second kappa shape index (κ2) is 24.7. The third-order valence-electron chi connectivity index (χ3n) is 12.2. The third kappa shape index (κ3) is 17.9. The SMILES string of the molecule is CCC(C)(CCCC(C)C)c1ccc(-c2ccc(C(C)(CC)CCCC(C)C)cc2)cc1.CCC(C)(Cl)CCCC(C)C.c1ccc(-c2ccccc2)cc1. The molecule has 4 rings (SSSR count). The number of hydrogen-bond acceptors (Lipinski definition) is 0. The zero-order valence-corrected chi connectivity index (χ0v) is 38.2. The summed E-state index contributed by atoms with van der Waals surface area (Å²) in [5, 5.41) is 0. The number of halogens is 1. The standard InChI is InChI=1S/C32H50.C12H10.C10H21Cl/c1-9-31(7,23-11-13-25(3)4)29-19-15-27(16-20-29)28-17-21-30(22-18-28)32(8,10-2)24-12-14-26(5)6;1-3-7-11(8-4-1)12-9-5-2-6-10-12;1-5-10(4,11)8-6-7-9(2)3/h15-22,25-26H,9-14,23-24H2,1-8H3;1-10H;9H,5-8H2,1-4H3. The summed E-state index contributed by atoms with van der Waals surface area (Å²) in [6.07, 6.45) is 15.1. The van der Waals surface area contributed by atoms with E-state index in [0.29, 0.717) is 0 Å². The fourth-order valence-electron chi connectivity index (χ4n) is 7.30. The van der Waals surface area contributed by atoms with Gasteiger partial charge in [-0.25, -0.2) is 0 Å². The third-order valence-corrected chi connectivity index (χ3v) is 12.6. The Morgan fingerprint density at radius 1 is 0.400 bits per heavy atom. The highest BCUT2D eigenvalue weighted by molar-refractivity contribution is 6.23. The lowest BCUT2D eigenvalue weighted by Gasteiger charge is -2.30. The largest absolute Gasteiger partial charge is 0.120 e. The van der Waals surface area contributed by atoms with Gasteiger partial charge >= 0.3 is 0 Å². The molecule has 0 fully saturated rings. The molecule has 4 aromatic carbocycles. The van der Waals surface area contributed by atoms with E-state index in [1.165, 1.54) is 97.6 Å². The summed E-state index contributed by atoms with van der Waals surface area (Å²) in [5.74, 6) is 2.41. The average molecular weight is 766 g/mol. The van der Waals surface area contributed by atoms with Gasteiger partial charge in [0.05, 0.1) is 0 Å². The van der Waals surface area contributed by atoms with Gasteiger partial charge in [0.2, 0.25) is 0 Å². The summed E-state index contributed by atoms with van der Waals surface area (Å²) in [6, 6.07) is 39.6. The van der Waals surface area contributed by atoms with Crippen molar-refractivity contribution in [2.45, 2.75) is 176 Å². The number of hydrogen-bond donors (Lipinski definition) is 0. The molecule has 4 aromatic rings.